The van der Waals surface area contributed by atoms with Crippen LogP contribution in [0.3, 0.4) is 0 Å². The van der Waals surface area contributed by atoms with Gasteiger partial charge in [0.2, 0.25) is 0 Å². The number of benzene rings is 1. The number of hydrogen-bond donors (Lipinski definition) is 3. The topological polar surface area (TPSA) is 88.2 Å². The fraction of sp³-hybridized carbons (Fsp3) is 0.231. The summed E-state index contributed by atoms with van der Waals surface area (Å²) in [4.78, 5) is 14.9. The third kappa shape index (κ3) is 3.77. The van der Waals surface area contributed by atoms with E-state index in [1.165, 1.54) is 16.9 Å². The molecule has 0 saturated carbocycles. The van der Waals surface area contributed by atoms with Crippen LogP contribution in [0.4, 0.5) is 5.13 Å². The molecule has 0 spiro atoms. The van der Waals surface area contributed by atoms with Gasteiger partial charge in [0.1, 0.15) is 6.04 Å². The highest BCUT2D eigenvalue weighted by Gasteiger charge is 2.17. The van der Waals surface area contributed by atoms with Crippen molar-refractivity contribution in [3.8, 4) is 0 Å². The van der Waals surface area contributed by atoms with Crippen molar-refractivity contribution in [2.75, 3.05) is 11.9 Å². The zero-order chi connectivity index (χ0) is 13.7. The lowest BCUT2D eigenvalue weighted by molar-refractivity contribution is -0.138. The van der Waals surface area contributed by atoms with Gasteiger partial charge in [-0.25, -0.2) is 4.98 Å². The molecule has 1 heterocycles. The number of carboxylic acid groups (broad SMARTS) is 1. The number of nitrogens with one attached hydrogen (secondary N) is 1. The minimum absolute atomic E-state index is 0.389. The van der Waals surface area contributed by atoms with Crippen LogP contribution < -0.4 is 11.1 Å². The lowest BCUT2D eigenvalue weighted by Crippen LogP contribution is -2.21. The standard InChI is InChI=1S/C13H15N3O2S/c14-11(12(17)18)10-8-19-13(16-10)15-7-6-9-4-2-1-3-5-9/h1-5,8,11H,6-7,14H2,(H,15,16)(H,17,18). The van der Waals surface area contributed by atoms with Gasteiger partial charge in [0.25, 0.3) is 0 Å². The van der Waals surface area contributed by atoms with Crippen LogP contribution in [0.1, 0.15) is 17.3 Å². The van der Waals surface area contributed by atoms with Crippen LogP contribution in [-0.2, 0) is 11.2 Å². The zero-order valence-electron chi connectivity index (χ0n) is 10.2. The van der Waals surface area contributed by atoms with Crippen molar-refractivity contribution in [3.63, 3.8) is 0 Å². The van der Waals surface area contributed by atoms with Gasteiger partial charge in [0.05, 0.1) is 5.69 Å². The third-order valence-corrected chi connectivity index (χ3v) is 3.46. The van der Waals surface area contributed by atoms with E-state index >= 15 is 0 Å². The van der Waals surface area contributed by atoms with E-state index in [0.717, 1.165) is 13.0 Å². The van der Waals surface area contributed by atoms with Crippen molar-refractivity contribution in [1.82, 2.24) is 4.98 Å². The van der Waals surface area contributed by atoms with E-state index in [4.69, 9.17) is 10.8 Å². The van der Waals surface area contributed by atoms with Crippen molar-refractivity contribution in [2.24, 2.45) is 5.73 Å². The zero-order valence-corrected chi connectivity index (χ0v) is 11.1. The quantitative estimate of drug-likeness (QED) is 0.750. The minimum atomic E-state index is -1.07. The van der Waals surface area contributed by atoms with Crippen molar-refractivity contribution < 1.29 is 9.90 Å². The molecule has 1 aromatic carbocycles. The second kappa shape index (κ2) is 6.31. The molecule has 6 heteroatoms. The molecule has 4 N–H and O–H groups in total. The molecule has 0 bridgehead atoms. The number of carbonyl (C=O) groups is 1. The third-order valence-electron chi connectivity index (χ3n) is 2.64. The molecule has 1 atom stereocenters. The summed E-state index contributed by atoms with van der Waals surface area (Å²) < 4.78 is 0. The summed E-state index contributed by atoms with van der Waals surface area (Å²) in [6.45, 7) is 0.749. The molecule has 0 aliphatic rings. The molecular weight excluding hydrogens is 262 g/mol. The molecule has 0 radical (unpaired) electrons. The Morgan fingerprint density at radius 1 is 1.42 bits per heavy atom. The molecular formula is C13H15N3O2S. The van der Waals surface area contributed by atoms with Crippen LogP contribution >= 0.6 is 11.3 Å². The first-order chi connectivity index (χ1) is 9.16. The number of carboxylic acids is 1. The molecule has 2 rings (SSSR count). The summed E-state index contributed by atoms with van der Waals surface area (Å²) in [6.07, 6.45) is 0.890. The predicted molar refractivity (Wildman–Crippen MR) is 75.3 cm³/mol. The summed E-state index contributed by atoms with van der Waals surface area (Å²) >= 11 is 1.36. The first kappa shape index (κ1) is 13.5. The Morgan fingerprint density at radius 2 is 2.16 bits per heavy atom. The summed E-state index contributed by atoms with van der Waals surface area (Å²) in [5.74, 6) is -1.07. The Hall–Kier alpha value is -1.92. The Balaban J connectivity index is 1.85. The van der Waals surface area contributed by atoms with Gasteiger partial charge in [-0.15, -0.1) is 11.3 Å². The average Bonchev–Trinajstić information content (AvgIpc) is 2.88. The normalized spacial score (nSPS) is 12.1. The highest BCUT2D eigenvalue weighted by atomic mass is 32.1. The summed E-state index contributed by atoms with van der Waals surface area (Å²) in [7, 11) is 0. The van der Waals surface area contributed by atoms with Crippen molar-refractivity contribution in [3.05, 3.63) is 47.0 Å². The van der Waals surface area contributed by atoms with Gasteiger partial charge in [0.15, 0.2) is 5.13 Å². The number of rotatable bonds is 6. The van der Waals surface area contributed by atoms with Crippen LogP contribution in [-0.4, -0.2) is 22.6 Å². The molecule has 0 saturated heterocycles. The van der Waals surface area contributed by atoms with Gasteiger partial charge < -0.3 is 16.2 Å². The van der Waals surface area contributed by atoms with Gasteiger partial charge in [-0.3, -0.25) is 4.79 Å². The Kier molecular flexibility index (Phi) is 4.48. The number of hydrogen-bond acceptors (Lipinski definition) is 5. The first-order valence-corrected chi connectivity index (χ1v) is 6.76. The van der Waals surface area contributed by atoms with E-state index in [1.807, 2.05) is 18.2 Å². The highest BCUT2D eigenvalue weighted by Crippen LogP contribution is 2.19. The lowest BCUT2D eigenvalue weighted by Gasteiger charge is -2.03. The molecule has 2 aromatic rings. The first-order valence-electron chi connectivity index (χ1n) is 5.88. The van der Waals surface area contributed by atoms with Crippen LogP contribution in [0.25, 0.3) is 0 Å². The molecule has 0 amide bonds. The van der Waals surface area contributed by atoms with E-state index < -0.39 is 12.0 Å². The van der Waals surface area contributed by atoms with Crippen LogP contribution in [0.2, 0.25) is 0 Å². The Labute approximate surface area is 115 Å². The maximum absolute atomic E-state index is 10.7. The molecule has 1 aromatic heterocycles. The van der Waals surface area contributed by atoms with Gasteiger partial charge >= 0.3 is 5.97 Å². The number of thiazole rings is 1. The lowest BCUT2D eigenvalue weighted by atomic mass is 10.1. The molecule has 19 heavy (non-hydrogen) atoms. The van der Waals surface area contributed by atoms with E-state index in [9.17, 15) is 4.79 Å². The summed E-state index contributed by atoms with van der Waals surface area (Å²) in [5.41, 5.74) is 7.12. The van der Waals surface area contributed by atoms with E-state index in [1.54, 1.807) is 5.38 Å². The van der Waals surface area contributed by atoms with Gasteiger partial charge in [0, 0.05) is 11.9 Å². The Morgan fingerprint density at radius 3 is 2.84 bits per heavy atom. The molecule has 1 unspecified atom stereocenters. The molecule has 5 nitrogen and oxygen atoms in total. The predicted octanol–water partition coefficient (Wildman–Crippen LogP) is 1.88. The van der Waals surface area contributed by atoms with Crippen LogP contribution in [0, 0.1) is 0 Å². The van der Waals surface area contributed by atoms with Gasteiger partial charge in [-0.1, -0.05) is 30.3 Å². The highest BCUT2D eigenvalue weighted by molar-refractivity contribution is 7.13. The monoisotopic (exact) mass is 277 g/mol. The second-order valence-corrected chi connectivity index (χ2v) is 4.91. The fourth-order valence-corrected chi connectivity index (χ4v) is 2.37. The van der Waals surface area contributed by atoms with E-state index in [-0.39, 0.29) is 0 Å². The number of aromatic nitrogens is 1. The van der Waals surface area contributed by atoms with Crippen molar-refractivity contribution >= 4 is 22.4 Å². The number of nitrogens with two attached hydrogens (primary N) is 1. The second-order valence-electron chi connectivity index (χ2n) is 4.06. The molecule has 100 valence electrons. The fourth-order valence-electron chi connectivity index (χ4n) is 1.60. The van der Waals surface area contributed by atoms with Crippen LogP contribution in [0.15, 0.2) is 35.7 Å². The maximum atomic E-state index is 10.7. The van der Waals surface area contributed by atoms with E-state index in [0.29, 0.717) is 10.8 Å². The molecule has 0 aliphatic heterocycles. The average molecular weight is 277 g/mol. The van der Waals surface area contributed by atoms with Gasteiger partial charge in [-0.2, -0.15) is 0 Å². The summed E-state index contributed by atoms with van der Waals surface area (Å²) in [5, 5.41) is 14.3. The SMILES string of the molecule is NC(C(=O)O)c1csc(NCCc2ccccc2)n1. The smallest absolute Gasteiger partial charge is 0.326 e. The maximum Gasteiger partial charge on any atom is 0.326 e. The van der Waals surface area contributed by atoms with Crippen molar-refractivity contribution in [2.45, 2.75) is 12.5 Å². The van der Waals surface area contributed by atoms with Gasteiger partial charge in [-0.05, 0) is 12.0 Å². The van der Waals surface area contributed by atoms with E-state index in [2.05, 4.69) is 22.4 Å². The largest absolute Gasteiger partial charge is 0.480 e. The van der Waals surface area contributed by atoms with Crippen molar-refractivity contribution in [1.29, 1.82) is 0 Å². The van der Waals surface area contributed by atoms with Crippen LogP contribution in [0.5, 0.6) is 0 Å². The number of nitrogens with zero attached hydrogens (tertiary/aromatic N) is 1. The number of aliphatic carboxylic acids is 1. The molecule has 0 aliphatic carbocycles. The molecule has 0 fully saturated rings. The minimum Gasteiger partial charge on any atom is -0.480 e. The number of anilines is 1. The summed E-state index contributed by atoms with van der Waals surface area (Å²) in [6, 6.07) is 9.06. The Bertz CT molecular complexity index is 542.